The van der Waals surface area contributed by atoms with Crippen molar-refractivity contribution in [2.24, 2.45) is 0 Å². The Morgan fingerprint density at radius 1 is 0.882 bits per heavy atom. The van der Waals surface area contributed by atoms with Crippen molar-refractivity contribution < 1.29 is 4.39 Å². The molecule has 17 heavy (non-hydrogen) atoms. The fraction of sp³-hybridized carbons (Fsp3) is 0.250. The third-order valence-electron chi connectivity index (χ3n) is 3.05. The van der Waals surface area contributed by atoms with Gasteiger partial charge in [-0.15, -0.1) is 0 Å². The monoisotopic (exact) mass is 228 g/mol. The Bertz CT molecular complexity index is 445. The van der Waals surface area contributed by atoms with Gasteiger partial charge in [-0.2, -0.15) is 0 Å². The zero-order valence-corrected chi connectivity index (χ0v) is 10.1. The minimum Gasteiger partial charge on any atom is -0.207 e. The van der Waals surface area contributed by atoms with E-state index in [0.29, 0.717) is 5.92 Å². The molecule has 0 fully saturated rings. The highest BCUT2D eigenvalue weighted by Gasteiger charge is 2.12. The van der Waals surface area contributed by atoms with Crippen molar-refractivity contribution in [3.63, 3.8) is 0 Å². The molecular weight excluding hydrogens is 211 g/mol. The van der Waals surface area contributed by atoms with Crippen LogP contribution in [0.3, 0.4) is 0 Å². The highest BCUT2D eigenvalue weighted by Crippen LogP contribution is 2.28. The zero-order chi connectivity index (χ0) is 12.1. The summed E-state index contributed by atoms with van der Waals surface area (Å²) in [5, 5.41) is 0. The van der Waals surface area contributed by atoms with Gasteiger partial charge in [0.15, 0.2) is 0 Å². The van der Waals surface area contributed by atoms with Gasteiger partial charge < -0.3 is 0 Å². The molecule has 2 aromatic carbocycles. The van der Waals surface area contributed by atoms with E-state index in [2.05, 4.69) is 31.2 Å². The van der Waals surface area contributed by atoms with Gasteiger partial charge in [-0.1, -0.05) is 55.8 Å². The normalized spacial score (nSPS) is 12.4. The highest BCUT2D eigenvalue weighted by molar-refractivity contribution is 5.32. The second-order valence-electron chi connectivity index (χ2n) is 4.30. The molecule has 0 aliphatic carbocycles. The maximum absolute atomic E-state index is 12.9. The van der Waals surface area contributed by atoms with Crippen molar-refractivity contribution in [1.82, 2.24) is 0 Å². The lowest BCUT2D eigenvalue weighted by atomic mass is 9.88. The quantitative estimate of drug-likeness (QED) is 0.708. The summed E-state index contributed by atoms with van der Waals surface area (Å²) in [4.78, 5) is 0. The van der Waals surface area contributed by atoms with Crippen LogP contribution in [0.1, 0.15) is 36.8 Å². The molecule has 0 amide bonds. The standard InChI is InChI=1S/C16H17F/c1-2-6-16(13-7-4-3-5-8-13)14-9-11-15(17)12-10-14/h3-5,7-12,16H,2,6H2,1H3. The lowest BCUT2D eigenvalue weighted by Gasteiger charge is -2.17. The molecule has 0 radical (unpaired) electrons. The van der Waals surface area contributed by atoms with E-state index >= 15 is 0 Å². The summed E-state index contributed by atoms with van der Waals surface area (Å²) in [5.41, 5.74) is 2.50. The van der Waals surface area contributed by atoms with E-state index in [1.54, 1.807) is 12.1 Å². The Morgan fingerprint density at radius 3 is 2.06 bits per heavy atom. The van der Waals surface area contributed by atoms with Crippen molar-refractivity contribution in [3.05, 3.63) is 71.5 Å². The van der Waals surface area contributed by atoms with Crippen molar-refractivity contribution >= 4 is 0 Å². The molecule has 0 saturated heterocycles. The van der Waals surface area contributed by atoms with E-state index < -0.39 is 0 Å². The molecule has 1 heteroatoms. The largest absolute Gasteiger partial charge is 0.207 e. The van der Waals surface area contributed by atoms with Crippen LogP contribution < -0.4 is 0 Å². The third kappa shape index (κ3) is 2.94. The van der Waals surface area contributed by atoms with Gasteiger partial charge in [0.1, 0.15) is 5.82 Å². The maximum Gasteiger partial charge on any atom is 0.123 e. The SMILES string of the molecule is CCCC(c1ccccc1)c1ccc(F)cc1. The van der Waals surface area contributed by atoms with Gasteiger partial charge >= 0.3 is 0 Å². The summed E-state index contributed by atoms with van der Waals surface area (Å²) in [6.07, 6.45) is 2.21. The van der Waals surface area contributed by atoms with Gasteiger partial charge in [0.25, 0.3) is 0 Å². The molecule has 0 saturated carbocycles. The second kappa shape index (κ2) is 5.62. The first-order valence-electron chi connectivity index (χ1n) is 6.11. The highest BCUT2D eigenvalue weighted by atomic mass is 19.1. The zero-order valence-electron chi connectivity index (χ0n) is 10.1. The first kappa shape index (κ1) is 11.8. The van der Waals surface area contributed by atoms with Gasteiger partial charge in [-0.3, -0.25) is 0 Å². The molecule has 2 rings (SSSR count). The van der Waals surface area contributed by atoms with Gasteiger partial charge in [0.2, 0.25) is 0 Å². The molecular formula is C16H17F. The molecule has 0 aliphatic rings. The van der Waals surface area contributed by atoms with Crippen LogP contribution >= 0.6 is 0 Å². The van der Waals surface area contributed by atoms with E-state index in [-0.39, 0.29) is 5.82 Å². The van der Waals surface area contributed by atoms with E-state index in [9.17, 15) is 4.39 Å². The Kier molecular flexibility index (Phi) is 3.92. The minimum atomic E-state index is -0.169. The van der Waals surface area contributed by atoms with Crippen LogP contribution in [-0.2, 0) is 0 Å². The molecule has 88 valence electrons. The van der Waals surface area contributed by atoms with Gasteiger partial charge in [0.05, 0.1) is 0 Å². The summed E-state index contributed by atoms with van der Waals surface area (Å²) in [7, 11) is 0. The Morgan fingerprint density at radius 2 is 1.47 bits per heavy atom. The topological polar surface area (TPSA) is 0 Å². The van der Waals surface area contributed by atoms with E-state index in [4.69, 9.17) is 0 Å². The molecule has 1 unspecified atom stereocenters. The lowest BCUT2D eigenvalue weighted by Crippen LogP contribution is -2.00. The van der Waals surface area contributed by atoms with Crippen molar-refractivity contribution in [2.45, 2.75) is 25.7 Å². The molecule has 0 N–H and O–H groups in total. The number of halogens is 1. The number of hydrogen-bond acceptors (Lipinski definition) is 0. The lowest BCUT2D eigenvalue weighted by molar-refractivity contribution is 0.624. The maximum atomic E-state index is 12.9. The minimum absolute atomic E-state index is 0.169. The van der Waals surface area contributed by atoms with Crippen LogP contribution in [0.4, 0.5) is 4.39 Å². The van der Waals surface area contributed by atoms with Gasteiger partial charge in [-0.25, -0.2) is 4.39 Å². The molecule has 0 aromatic heterocycles. The van der Waals surface area contributed by atoms with Crippen molar-refractivity contribution in [3.8, 4) is 0 Å². The first-order valence-corrected chi connectivity index (χ1v) is 6.11. The van der Waals surface area contributed by atoms with Crippen LogP contribution in [0.2, 0.25) is 0 Å². The van der Waals surface area contributed by atoms with Crippen LogP contribution in [0, 0.1) is 5.82 Å². The molecule has 0 nitrogen and oxygen atoms in total. The average molecular weight is 228 g/mol. The number of hydrogen-bond donors (Lipinski definition) is 0. The molecule has 0 bridgehead atoms. The molecule has 2 aromatic rings. The van der Waals surface area contributed by atoms with E-state index in [1.807, 2.05) is 18.2 Å². The summed E-state index contributed by atoms with van der Waals surface area (Å²) in [6, 6.07) is 17.3. The average Bonchev–Trinajstić information content (AvgIpc) is 2.38. The van der Waals surface area contributed by atoms with Crippen LogP contribution in [0.5, 0.6) is 0 Å². The molecule has 0 heterocycles. The predicted octanol–water partition coefficient (Wildman–Crippen LogP) is 4.76. The Labute approximate surface area is 102 Å². The van der Waals surface area contributed by atoms with Gasteiger partial charge in [0, 0.05) is 5.92 Å². The third-order valence-corrected chi connectivity index (χ3v) is 3.05. The fourth-order valence-corrected chi connectivity index (χ4v) is 2.19. The smallest absolute Gasteiger partial charge is 0.123 e. The molecule has 1 atom stereocenters. The summed E-state index contributed by atoms with van der Waals surface area (Å²) >= 11 is 0. The first-order chi connectivity index (χ1) is 8.31. The van der Waals surface area contributed by atoms with Crippen LogP contribution in [0.25, 0.3) is 0 Å². The van der Waals surface area contributed by atoms with Crippen LogP contribution in [-0.4, -0.2) is 0 Å². The Balaban J connectivity index is 2.32. The van der Waals surface area contributed by atoms with Crippen molar-refractivity contribution in [1.29, 1.82) is 0 Å². The molecule has 0 spiro atoms. The summed E-state index contributed by atoms with van der Waals surface area (Å²) in [6.45, 7) is 2.18. The van der Waals surface area contributed by atoms with E-state index in [1.165, 1.54) is 11.1 Å². The predicted molar refractivity (Wildman–Crippen MR) is 69.6 cm³/mol. The Hall–Kier alpha value is -1.63. The fourth-order valence-electron chi connectivity index (χ4n) is 2.19. The molecule has 0 aliphatic heterocycles. The van der Waals surface area contributed by atoms with Gasteiger partial charge in [-0.05, 0) is 29.7 Å². The summed E-state index contributed by atoms with van der Waals surface area (Å²) < 4.78 is 12.9. The second-order valence-corrected chi connectivity index (χ2v) is 4.30. The van der Waals surface area contributed by atoms with E-state index in [0.717, 1.165) is 12.8 Å². The summed E-state index contributed by atoms with van der Waals surface area (Å²) in [5.74, 6) is 0.207. The number of rotatable bonds is 4. The van der Waals surface area contributed by atoms with Crippen molar-refractivity contribution in [2.75, 3.05) is 0 Å². The number of benzene rings is 2. The van der Waals surface area contributed by atoms with Crippen LogP contribution in [0.15, 0.2) is 54.6 Å².